The van der Waals surface area contributed by atoms with E-state index >= 15 is 0 Å². The van der Waals surface area contributed by atoms with Gasteiger partial charge in [0.1, 0.15) is 23.0 Å². The van der Waals surface area contributed by atoms with Crippen LogP contribution in [0.1, 0.15) is 18.9 Å². The van der Waals surface area contributed by atoms with Crippen LogP contribution in [0.15, 0.2) is 24.5 Å². The lowest BCUT2D eigenvalue weighted by molar-refractivity contribution is 0.404. The number of methoxy groups -OCH3 is 2. The van der Waals surface area contributed by atoms with Crippen molar-refractivity contribution in [2.75, 3.05) is 14.2 Å². The van der Waals surface area contributed by atoms with Crippen molar-refractivity contribution in [3.05, 3.63) is 35.2 Å². The van der Waals surface area contributed by atoms with Crippen LogP contribution < -0.4 is 9.47 Å². The fraction of sp³-hybridized carbons (Fsp3) is 0.333. The zero-order valence-electron chi connectivity index (χ0n) is 11.8. The number of aromatic nitrogens is 2. The first kappa shape index (κ1) is 14.6. The summed E-state index contributed by atoms with van der Waals surface area (Å²) in [6.07, 6.45) is 3.25. The second-order valence-corrected chi connectivity index (χ2v) is 4.67. The molecule has 1 aromatic heterocycles. The number of hydrogen-bond acceptors (Lipinski definition) is 4. The van der Waals surface area contributed by atoms with Gasteiger partial charge >= 0.3 is 0 Å². The van der Waals surface area contributed by atoms with E-state index in [1.54, 1.807) is 14.2 Å². The van der Waals surface area contributed by atoms with Crippen LogP contribution in [-0.4, -0.2) is 24.2 Å². The molecule has 20 heavy (non-hydrogen) atoms. The normalized spacial score (nSPS) is 10.4. The Kier molecular flexibility index (Phi) is 4.79. The average molecular weight is 293 g/mol. The van der Waals surface area contributed by atoms with Gasteiger partial charge in [-0.25, -0.2) is 9.97 Å². The SMILES string of the molecule is CCCc1c(Cl)ncnc1-c1cc(OC)ccc1OC. The number of hydrogen-bond donors (Lipinski definition) is 0. The van der Waals surface area contributed by atoms with Crippen molar-refractivity contribution in [2.45, 2.75) is 19.8 Å². The molecule has 0 radical (unpaired) electrons. The first-order valence-corrected chi connectivity index (χ1v) is 6.80. The number of benzene rings is 1. The Labute approximate surface area is 123 Å². The quantitative estimate of drug-likeness (QED) is 0.787. The summed E-state index contributed by atoms with van der Waals surface area (Å²) in [6.45, 7) is 2.09. The van der Waals surface area contributed by atoms with Crippen molar-refractivity contribution < 1.29 is 9.47 Å². The number of ether oxygens (including phenoxy) is 2. The monoisotopic (exact) mass is 292 g/mol. The van der Waals surface area contributed by atoms with Gasteiger partial charge in [0.15, 0.2) is 0 Å². The van der Waals surface area contributed by atoms with Crippen molar-refractivity contribution in [3.63, 3.8) is 0 Å². The molecule has 0 aliphatic heterocycles. The molecule has 0 spiro atoms. The molecule has 106 valence electrons. The molecule has 0 N–H and O–H groups in total. The molecule has 0 saturated heterocycles. The van der Waals surface area contributed by atoms with Gasteiger partial charge in [-0.2, -0.15) is 0 Å². The van der Waals surface area contributed by atoms with Crippen LogP contribution in [0, 0.1) is 0 Å². The number of rotatable bonds is 5. The van der Waals surface area contributed by atoms with Crippen molar-refractivity contribution in [3.8, 4) is 22.8 Å². The molecule has 0 saturated carbocycles. The summed E-state index contributed by atoms with van der Waals surface area (Å²) >= 11 is 6.20. The van der Waals surface area contributed by atoms with Gasteiger partial charge in [-0.1, -0.05) is 24.9 Å². The summed E-state index contributed by atoms with van der Waals surface area (Å²) in [7, 11) is 3.26. The Bertz CT molecular complexity index is 602. The van der Waals surface area contributed by atoms with E-state index in [-0.39, 0.29) is 0 Å². The van der Waals surface area contributed by atoms with Gasteiger partial charge in [0.25, 0.3) is 0 Å². The molecule has 0 amide bonds. The minimum absolute atomic E-state index is 0.488. The van der Waals surface area contributed by atoms with Crippen LogP contribution in [0.2, 0.25) is 5.15 Å². The predicted octanol–water partition coefficient (Wildman–Crippen LogP) is 3.77. The molecule has 4 nitrogen and oxygen atoms in total. The molecule has 5 heteroatoms. The Morgan fingerprint density at radius 2 is 1.95 bits per heavy atom. The molecule has 0 bridgehead atoms. The lowest BCUT2D eigenvalue weighted by atomic mass is 10.0. The number of halogens is 1. The molecular weight excluding hydrogens is 276 g/mol. The topological polar surface area (TPSA) is 44.2 Å². The van der Waals surface area contributed by atoms with Crippen molar-refractivity contribution in [1.82, 2.24) is 9.97 Å². The largest absolute Gasteiger partial charge is 0.497 e. The molecule has 0 aliphatic rings. The van der Waals surface area contributed by atoms with E-state index in [1.807, 2.05) is 18.2 Å². The van der Waals surface area contributed by atoms with Crippen LogP contribution in [0.4, 0.5) is 0 Å². The lowest BCUT2D eigenvalue weighted by Gasteiger charge is -2.13. The first-order chi connectivity index (χ1) is 9.71. The maximum atomic E-state index is 6.20. The second-order valence-electron chi connectivity index (χ2n) is 4.31. The fourth-order valence-electron chi connectivity index (χ4n) is 2.09. The van der Waals surface area contributed by atoms with Gasteiger partial charge in [-0.3, -0.25) is 0 Å². The molecule has 0 atom stereocenters. The highest BCUT2D eigenvalue weighted by Gasteiger charge is 2.15. The highest BCUT2D eigenvalue weighted by atomic mass is 35.5. The Morgan fingerprint density at radius 1 is 1.15 bits per heavy atom. The predicted molar refractivity (Wildman–Crippen MR) is 79.6 cm³/mol. The Balaban J connectivity index is 2.63. The summed E-state index contributed by atoms with van der Waals surface area (Å²) in [4.78, 5) is 8.45. The number of nitrogens with zero attached hydrogens (tertiary/aromatic N) is 2. The summed E-state index contributed by atoms with van der Waals surface area (Å²) in [5.41, 5.74) is 2.59. The molecular formula is C15H17ClN2O2. The van der Waals surface area contributed by atoms with Crippen LogP contribution in [0.3, 0.4) is 0 Å². The van der Waals surface area contributed by atoms with Gasteiger partial charge in [0.05, 0.1) is 19.9 Å². The van der Waals surface area contributed by atoms with Crippen LogP contribution in [0.25, 0.3) is 11.3 Å². The third-order valence-corrected chi connectivity index (χ3v) is 3.38. The smallest absolute Gasteiger partial charge is 0.136 e. The minimum Gasteiger partial charge on any atom is -0.497 e. The lowest BCUT2D eigenvalue weighted by Crippen LogP contribution is -1.99. The van der Waals surface area contributed by atoms with Crippen LogP contribution in [-0.2, 0) is 6.42 Å². The standard InChI is InChI=1S/C15H17ClN2O2/c1-4-5-11-14(17-9-18-15(11)16)12-8-10(19-2)6-7-13(12)20-3/h6-9H,4-5H2,1-3H3. The molecule has 1 heterocycles. The molecule has 0 unspecified atom stereocenters. The van der Waals surface area contributed by atoms with E-state index in [0.29, 0.717) is 5.15 Å². The molecule has 2 aromatic rings. The van der Waals surface area contributed by atoms with E-state index in [9.17, 15) is 0 Å². The third-order valence-electron chi connectivity index (χ3n) is 3.05. The Morgan fingerprint density at radius 3 is 2.60 bits per heavy atom. The molecule has 0 fully saturated rings. The third kappa shape index (κ3) is 2.85. The molecule has 0 aliphatic carbocycles. The average Bonchev–Trinajstić information content (AvgIpc) is 2.49. The highest BCUT2D eigenvalue weighted by molar-refractivity contribution is 6.30. The van der Waals surface area contributed by atoms with Crippen LogP contribution >= 0.6 is 11.6 Å². The molecule has 1 aromatic carbocycles. The summed E-state index contributed by atoms with van der Waals surface area (Å²) in [6, 6.07) is 5.61. The van der Waals surface area contributed by atoms with Gasteiger partial charge in [0.2, 0.25) is 0 Å². The van der Waals surface area contributed by atoms with E-state index in [2.05, 4.69) is 16.9 Å². The summed E-state index contributed by atoms with van der Waals surface area (Å²) < 4.78 is 10.7. The second kappa shape index (κ2) is 6.57. The zero-order valence-corrected chi connectivity index (χ0v) is 12.6. The summed E-state index contributed by atoms with van der Waals surface area (Å²) in [5.74, 6) is 1.48. The van der Waals surface area contributed by atoms with Crippen LogP contribution in [0.5, 0.6) is 11.5 Å². The van der Waals surface area contributed by atoms with Gasteiger partial charge in [-0.15, -0.1) is 0 Å². The minimum atomic E-state index is 0.488. The first-order valence-electron chi connectivity index (χ1n) is 6.43. The van der Waals surface area contributed by atoms with Crippen molar-refractivity contribution in [1.29, 1.82) is 0 Å². The van der Waals surface area contributed by atoms with Gasteiger partial charge in [-0.05, 0) is 24.6 Å². The maximum absolute atomic E-state index is 6.20. The van der Waals surface area contributed by atoms with E-state index in [4.69, 9.17) is 21.1 Å². The van der Waals surface area contributed by atoms with Gasteiger partial charge in [0, 0.05) is 11.1 Å². The molecule has 2 rings (SSSR count). The van der Waals surface area contributed by atoms with Crippen molar-refractivity contribution >= 4 is 11.6 Å². The van der Waals surface area contributed by atoms with Gasteiger partial charge < -0.3 is 9.47 Å². The zero-order chi connectivity index (χ0) is 14.5. The van der Waals surface area contributed by atoms with E-state index in [1.165, 1.54) is 6.33 Å². The maximum Gasteiger partial charge on any atom is 0.136 e. The van der Waals surface area contributed by atoms with E-state index in [0.717, 1.165) is 41.2 Å². The fourth-order valence-corrected chi connectivity index (χ4v) is 2.32. The van der Waals surface area contributed by atoms with E-state index < -0.39 is 0 Å². The Hall–Kier alpha value is -1.81. The highest BCUT2D eigenvalue weighted by Crippen LogP contribution is 2.35. The summed E-state index contributed by atoms with van der Waals surface area (Å²) in [5, 5.41) is 0.488. The van der Waals surface area contributed by atoms with Crippen molar-refractivity contribution in [2.24, 2.45) is 0 Å².